The molecular formula is C5H3IN4O. The van der Waals surface area contributed by atoms with Crippen molar-refractivity contribution in [3.05, 3.63) is 16.1 Å². The van der Waals surface area contributed by atoms with Crippen LogP contribution in [0.5, 0.6) is 0 Å². The van der Waals surface area contributed by atoms with E-state index in [1.54, 1.807) is 12.3 Å². The molecule has 2 aromatic rings. The average molecular weight is 262 g/mol. The number of aromatic nitrogens is 4. The van der Waals surface area contributed by atoms with E-state index in [0.717, 1.165) is 5.69 Å². The van der Waals surface area contributed by atoms with Gasteiger partial charge in [0, 0.05) is 28.8 Å². The van der Waals surface area contributed by atoms with Crippen molar-refractivity contribution < 1.29 is 4.52 Å². The standard InChI is InChI=1S/C5H3IN4O/c6-5-8-4(11-10-5)3-1-2-7-9-3/h1-2H,(H,7,9). The number of hydrogen-bond donors (Lipinski definition) is 1. The van der Waals surface area contributed by atoms with Crippen molar-refractivity contribution in [1.29, 1.82) is 0 Å². The lowest BCUT2D eigenvalue weighted by Gasteiger charge is -1.81. The summed E-state index contributed by atoms with van der Waals surface area (Å²) in [6, 6.07) is 1.77. The summed E-state index contributed by atoms with van der Waals surface area (Å²) in [5, 5.41) is 10.1. The van der Waals surface area contributed by atoms with Crippen molar-refractivity contribution in [2.24, 2.45) is 0 Å². The zero-order valence-corrected chi connectivity index (χ0v) is 7.44. The second kappa shape index (κ2) is 2.61. The molecule has 56 valence electrons. The first kappa shape index (κ1) is 6.77. The van der Waals surface area contributed by atoms with Crippen LogP contribution in [0.2, 0.25) is 0 Å². The van der Waals surface area contributed by atoms with E-state index in [0.29, 0.717) is 9.72 Å². The zero-order valence-electron chi connectivity index (χ0n) is 5.28. The molecule has 11 heavy (non-hydrogen) atoms. The molecule has 0 amide bonds. The van der Waals surface area contributed by atoms with Gasteiger partial charge in [0.25, 0.3) is 5.89 Å². The van der Waals surface area contributed by atoms with Gasteiger partial charge in [-0.15, -0.1) is 0 Å². The smallest absolute Gasteiger partial charge is 0.276 e. The Kier molecular flexibility index (Phi) is 1.60. The van der Waals surface area contributed by atoms with Crippen molar-refractivity contribution in [3.63, 3.8) is 0 Å². The number of hydrogen-bond acceptors (Lipinski definition) is 4. The molecule has 0 aliphatic carbocycles. The van der Waals surface area contributed by atoms with Crippen LogP contribution in [0.4, 0.5) is 0 Å². The van der Waals surface area contributed by atoms with E-state index in [1.165, 1.54) is 0 Å². The summed E-state index contributed by atoms with van der Waals surface area (Å²) in [6.07, 6.45) is 1.63. The maximum atomic E-state index is 4.87. The summed E-state index contributed by atoms with van der Waals surface area (Å²) in [7, 11) is 0. The highest BCUT2D eigenvalue weighted by Crippen LogP contribution is 2.12. The Morgan fingerprint density at radius 1 is 1.55 bits per heavy atom. The van der Waals surface area contributed by atoms with Crippen LogP contribution in [-0.2, 0) is 0 Å². The van der Waals surface area contributed by atoms with Crippen molar-refractivity contribution in [2.45, 2.75) is 0 Å². The minimum absolute atomic E-state index is 0.465. The molecule has 2 rings (SSSR count). The molecular weight excluding hydrogens is 259 g/mol. The second-order valence-corrected chi connectivity index (χ2v) is 2.80. The van der Waals surface area contributed by atoms with Gasteiger partial charge < -0.3 is 4.52 Å². The zero-order chi connectivity index (χ0) is 7.68. The van der Waals surface area contributed by atoms with E-state index in [1.807, 2.05) is 22.6 Å². The van der Waals surface area contributed by atoms with Crippen LogP contribution < -0.4 is 0 Å². The first-order chi connectivity index (χ1) is 5.36. The molecule has 2 heterocycles. The van der Waals surface area contributed by atoms with Gasteiger partial charge in [0.15, 0.2) is 0 Å². The summed E-state index contributed by atoms with van der Waals surface area (Å²) in [4.78, 5) is 3.99. The van der Waals surface area contributed by atoms with E-state index in [9.17, 15) is 0 Å². The van der Waals surface area contributed by atoms with Crippen molar-refractivity contribution >= 4 is 22.6 Å². The lowest BCUT2D eigenvalue weighted by molar-refractivity contribution is 0.424. The van der Waals surface area contributed by atoms with E-state index in [4.69, 9.17) is 4.52 Å². The highest BCUT2D eigenvalue weighted by Gasteiger charge is 2.06. The fraction of sp³-hybridized carbons (Fsp3) is 0. The molecule has 1 N–H and O–H groups in total. The first-order valence-electron chi connectivity index (χ1n) is 2.85. The topological polar surface area (TPSA) is 67.6 Å². The van der Waals surface area contributed by atoms with E-state index in [-0.39, 0.29) is 0 Å². The molecule has 0 aliphatic heterocycles. The Morgan fingerprint density at radius 2 is 2.45 bits per heavy atom. The Morgan fingerprint density at radius 3 is 3.00 bits per heavy atom. The molecule has 0 fully saturated rings. The number of aromatic amines is 1. The largest absolute Gasteiger partial charge is 0.331 e. The minimum atomic E-state index is 0.465. The van der Waals surface area contributed by atoms with Gasteiger partial charge in [-0.3, -0.25) is 5.10 Å². The molecule has 0 saturated carbocycles. The summed E-state index contributed by atoms with van der Waals surface area (Å²) in [5.74, 6) is 0.465. The SMILES string of the molecule is Ic1noc(-c2ccn[nH]2)n1. The molecule has 2 aromatic heterocycles. The Labute approximate surface area is 75.3 Å². The molecule has 6 heteroatoms. The van der Waals surface area contributed by atoms with Gasteiger partial charge in [-0.2, -0.15) is 10.1 Å². The lowest BCUT2D eigenvalue weighted by Crippen LogP contribution is -1.77. The highest BCUT2D eigenvalue weighted by atomic mass is 127. The first-order valence-corrected chi connectivity index (χ1v) is 3.93. The molecule has 0 spiro atoms. The van der Waals surface area contributed by atoms with Gasteiger partial charge in [0.1, 0.15) is 5.69 Å². The molecule has 5 nitrogen and oxygen atoms in total. The molecule has 0 unspecified atom stereocenters. The molecule has 0 radical (unpaired) electrons. The van der Waals surface area contributed by atoms with Gasteiger partial charge >= 0.3 is 0 Å². The third-order valence-electron chi connectivity index (χ3n) is 1.13. The summed E-state index contributed by atoms with van der Waals surface area (Å²) in [6.45, 7) is 0. The number of halogens is 1. The monoisotopic (exact) mass is 262 g/mol. The van der Waals surface area contributed by atoms with Crippen LogP contribution in [0.1, 0.15) is 0 Å². The normalized spacial score (nSPS) is 10.3. The van der Waals surface area contributed by atoms with E-state index < -0.39 is 0 Å². The van der Waals surface area contributed by atoms with Crippen LogP contribution in [-0.4, -0.2) is 20.3 Å². The van der Waals surface area contributed by atoms with E-state index in [2.05, 4.69) is 20.3 Å². The maximum absolute atomic E-state index is 4.87. The predicted molar refractivity (Wildman–Crippen MR) is 44.6 cm³/mol. The molecule has 0 aromatic carbocycles. The Balaban J connectivity index is 2.45. The molecule has 0 atom stereocenters. The predicted octanol–water partition coefficient (Wildman–Crippen LogP) is 1.06. The van der Waals surface area contributed by atoms with Gasteiger partial charge in [-0.1, -0.05) is 5.16 Å². The fourth-order valence-corrected chi connectivity index (χ4v) is 1.01. The molecule has 0 saturated heterocycles. The van der Waals surface area contributed by atoms with Crippen LogP contribution in [0, 0.1) is 3.83 Å². The minimum Gasteiger partial charge on any atom is -0.331 e. The van der Waals surface area contributed by atoms with Crippen molar-refractivity contribution in [2.75, 3.05) is 0 Å². The van der Waals surface area contributed by atoms with E-state index >= 15 is 0 Å². The van der Waals surface area contributed by atoms with Gasteiger partial charge in [-0.25, -0.2) is 0 Å². The van der Waals surface area contributed by atoms with Crippen molar-refractivity contribution in [3.8, 4) is 11.6 Å². The lowest BCUT2D eigenvalue weighted by atomic mass is 10.4. The van der Waals surface area contributed by atoms with Crippen molar-refractivity contribution in [1.82, 2.24) is 20.3 Å². The van der Waals surface area contributed by atoms with Gasteiger partial charge in [0.2, 0.25) is 3.83 Å². The summed E-state index contributed by atoms with van der Waals surface area (Å²) >= 11 is 1.98. The average Bonchev–Trinajstić information content (AvgIpc) is 2.55. The maximum Gasteiger partial charge on any atom is 0.276 e. The fourth-order valence-electron chi connectivity index (χ4n) is 0.690. The Hall–Kier alpha value is -0.920. The second-order valence-electron chi connectivity index (χ2n) is 1.84. The third kappa shape index (κ3) is 1.25. The summed E-state index contributed by atoms with van der Waals surface area (Å²) < 4.78 is 5.46. The van der Waals surface area contributed by atoms with Crippen LogP contribution >= 0.6 is 22.6 Å². The number of nitrogens with zero attached hydrogens (tertiary/aromatic N) is 3. The van der Waals surface area contributed by atoms with Gasteiger partial charge in [0.05, 0.1) is 0 Å². The number of rotatable bonds is 1. The van der Waals surface area contributed by atoms with Crippen LogP contribution in [0.25, 0.3) is 11.6 Å². The number of nitrogens with one attached hydrogen (secondary N) is 1. The molecule has 0 bridgehead atoms. The molecule has 0 aliphatic rings. The third-order valence-corrected chi connectivity index (χ3v) is 1.57. The Bertz CT molecular complexity index is 341. The highest BCUT2D eigenvalue weighted by molar-refractivity contribution is 14.1. The quantitative estimate of drug-likeness (QED) is 0.780. The summed E-state index contributed by atoms with van der Waals surface area (Å²) in [5.41, 5.74) is 0.736. The van der Waals surface area contributed by atoms with Crippen LogP contribution in [0.3, 0.4) is 0 Å². The van der Waals surface area contributed by atoms with Crippen LogP contribution in [0.15, 0.2) is 16.8 Å². The van der Waals surface area contributed by atoms with Gasteiger partial charge in [-0.05, 0) is 6.07 Å². The number of H-pyrrole nitrogens is 1.